The summed E-state index contributed by atoms with van der Waals surface area (Å²) in [6, 6.07) is 2.33. The molecular formula is C20H25F3N2O2. The largest absolute Gasteiger partial charge is 0.493 e. The highest BCUT2D eigenvalue weighted by molar-refractivity contribution is 5.95. The van der Waals surface area contributed by atoms with Crippen molar-refractivity contribution in [1.29, 1.82) is 0 Å². The van der Waals surface area contributed by atoms with Crippen LogP contribution >= 0.6 is 0 Å². The highest BCUT2D eigenvalue weighted by Gasteiger charge is 2.46. The fourth-order valence-corrected chi connectivity index (χ4v) is 3.56. The first-order valence-corrected chi connectivity index (χ1v) is 9.10. The highest BCUT2D eigenvalue weighted by atomic mass is 19.4. The minimum atomic E-state index is -4.56. The number of nitrogens with zero attached hydrogens (tertiary/aromatic N) is 2. The molecule has 0 bridgehead atoms. The standard InChI is InChI=1S/C20H25F3N2O2/c1-12(2)5-6-27-15-7-16(20(21,22)23)18-17(8-15)24-11-13(3)25(18)14-9-19(4,26)10-14/h7-8,11-12,14,26H,3,5-6,9-10H2,1-2,4H3. The fourth-order valence-electron chi connectivity index (χ4n) is 3.56. The van der Waals surface area contributed by atoms with Crippen molar-refractivity contribution in [1.82, 2.24) is 0 Å². The van der Waals surface area contributed by atoms with Gasteiger partial charge in [0.25, 0.3) is 0 Å². The summed E-state index contributed by atoms with van der Waals surface area (Å²) < 4.78 is 47.1. The van der Waals surface area contributed by atoms with E-state index in [0.29, 0.717) is 31.1 Å². The molecule has 4 nitrogen and oxygen atoms in total. The molecule has 7 heteroatoms. The number of aliphatic imine (C=N–C) groups is 1. The van der Waals surface area contributed by atoms with Crippen LogP contribution in [0.3, 0.4) is 0 Å². The van der Waals surface area contributed by atoms with Gasteiger partial charge in [0.05, 0.1) is 41.1 Å². The molecule has 1 saturated carbocycles. The zero-order chi connectivity index (χ0) is 20.0. The second-order valence-electron chi connectivity index (χ2n) is 8.05. The van der Waals surface area contributed by atoms with Crippen molar-refractivity contribution in [3.05, 3.63) is 30.0 Å². The van der Waals surface area contributed by atoms with E-state index < -0.39 is 17.3 Å². The van der Waals surface area contributed by atoms with Gasteiger partial charge >= 0.3 is 6.18 Å². The summed E-state index contributed by atoms with van der Waals surface area (Å²) in [6.45, 7) is 9.94. The lowest BCUT2D eigenvalue weighted by molar-refractivity contribution is -0.137. The van der Waals surface area contributed by atoms with Crippen molar-refractivity contribution in [2.45, 2.75) is 57.9 Å². The molecule has 0 spiro atoms. The Balaban J connectivity index is 1.99. The van der Waals surface area contributed by atoms with E-state index >= 15 is 0 Å². The van der Waals surface area contributed by atoms with E-state index in [1.54, 1.807) is 11.8 Å². The van der Waals surface area contributed by atoms with E-state index in [4.69, 9.17) is 4.74 Å². The smallest absolute Gasteiger partial charge is 0.418 e. The number of hydrogen-bond acceptors (Lipinski definition) is 4. The van der Waals surface area contributed by atoms with Crippen LogP contribution in [0.2, 0.25) is 0 Å². The molecule has 0 atom stereocenters. The summed E-state index contributed by atoms with van der Waals surface area (Å²) in [5.41, 5.74) is -1.06. The summed E-state index contributed by atoms with van der Waals surface area (Å²) in [4.78, 5) is 5.73. The van der Waals surface area contributed by atoms with Gasteiger partial charge in [-0.3, -0.25) is 4.99 Å². The molecular weight excluding hydrogens is 357 g/mol. The zero-order valence-corrected chi connectivity index (χ0v) is 15.8. The molecule has 0 amide bonds. The van der Waals surface area contributed by atoms with Crippen LogP contribution in [0, 0.1) is 5.92 Å². The summed E-state index contributed by atoms with van der Waals surface area (Å²) in [6.07, 6.45) is -1.58. The van der Waals surface area contributed by atoms with Gasteiger partial charge in [-0.2, -0.15) is 13.2 Å². The van der Waals surface area contributed by atoms with Crippen LogP contribution in [0.5, 0.6) is 5.75 Å². The Morgan fingerprint density at radius 1 is 1.37 bits per heavy atom. The minimum Gasteiger partial charge on any atom is -0.493 e. The number of fused-ring (bicyclic) bond motifs is 1. The maximum Gasteiger partial charge on any atom is 0.418 e. The van der Waals surface area contributed by atoms with Crippen molar-refractivity contribution in [3.63, 3.8) is 0 Å². The quantitative estimate of drug-likeness (QED) is 0.772. The van der Waals surface area contributed by atoms with Crippen LogP contribution in [0.25, 0.3) is 0 Å². The summed E-state index contributed by atoms with van der Waals surface area (Å²) in [5, 5.41) is 10.0. The summed E-state index contributed by atoms with van der Waals surface area (Å²) >= 11 is 0. The van der Waals surface area contributed by atoms with Crippen molar-refractivity contribution in [2.24, 2.45) is 10.9 Å². The lowest BCUT2D eigenvalue weighted by atomic mass is 9.75. The number of ether oxygens (including phenoxy) is 1. The van der Waals surface area contributed by atoms with Gasteiger partial charge in [0.15, 0.2) is 0 Å². The first-order valence-electron chi connectivity index (χ1n) is 9.10. The third-order valence-corrected chi connectivity index (χ3v) is 4.95. The van der Waals surface area contributed by atoms with E-state index in [-0.39, 0.29) is 23.2 Å². The predicted octanol–water partition coefficient (Wildman–Crippen LogP) is 5.08. The van der Waals surface area contributed by atoms with Gasteiger partial charge in [0.1, 0.15) is 5.75 Å². The minimum absolute atomic E-state index is 0.00768. The molecule has 1 aromatic carbocycles. The van der Waals surface area contributed by atoms with Gasteiger partial charge < -0.3 is 14.7 Å². The average molecular weight is 382 g/mol. The van der Waals surface area contributed by atoms with E-state index in [1.807, 2.05) is 13.8 Å². The molecule has 2 aliphatic rings. The van der Waals surface area contributed by atoms with E-state index in [9.17, 15) is 18.3 Å². The second kappa shape index (κ2) is 6.86. The van der Waals surface area contributed by atoms with Gasteiger partial charge in [0, 0.05) is 12.1 Å². The summed E-state index contributed by atoms with van der Waals surface area (Å²) in [7, 11) is 0. The Labute approximate surface area is 157 Å². The maximum absolute atomic E-state index is 13.8. The molecule has 1 N–H and O–H groups in total. The van der Waals surface area contributed by atoms with Gasteiger partial charge in [-0.1, -0.05) is 20.4 Å². The van der Waals surface area contributed by atoms with Crippen molar-refractivity contribution < 1.29 is 23.0 Å². The lowest BCUT2D eigenvalue weighted by Gasteiger charge is -2.49. The zero-order valence-electron chi connectivity index (χ0n) is 15.8. The lowest BCUT2D eigenvalue weighted by Crippen LogP contribution is -2.54. The molecule has 0 aromatic heterocycles. The maximum atomic E-state index is 13.8. The number of rotatable bonds is 5. The molecule has 0 unspecified atom stereocenters. The third-order valence-electron chi connectivity index (χ3n) is 4.95. The Kier molecular flexibility index (Phi) is 5.01. The van der Waals surface area contributed by atoms with Crippen molar-refractivity contribution in [3.8, 4) is 5.75 Å². The molecule has 148 valence electrons. The van der Waals surface area contributed by atoms with Gasteiger partial charge in [-0.05, 0) is 38.2 Å². The molecule has 0 saturated heterocycles. The number of alkyl halides is 3. The molecule has 1 heterocycles. The van der Waals surface area contributed by atoms with Crippen molar-refractivity contribution >= 4 is 17.6 Å². The molecule has 1 aliphatic carbocycles. The molecule has 1 aliphatic heterocycles. The number of hydrogen-bond donors (Lipinski definition) is 1. The van der Waals surface area contributed by atoms with Crippen LogP contribution in [-0.2, 0) is 6.18 Å². The molecule has 1 aromatic rings. The molecule has 1 fully saturated rings. The first kappa shape index (κ1) is 19.7. The summed E-state index contributed by atoms with van der Waals surface area (Å²) in [5.74, 6) is 0.555. The van der Waals surface area contributed by atoms with Crippen LogP contribution in [0.4, 0.5) is 24.5 Å². The van der Waals surface area contributed by atoms with E-state index in [1.165, 1.54) is 12.3 Å². The topological polar surface area (TPSA) is 45.1 Å². The van der Waals surface area contributed by atoms with Crippen molar-refractivity contribution in [2.75, 3.05) is 11.5 Å². The van der Waals surface area contributed by atoms with E-state index in [2.05, 4.69) is 11.6 Å². The second-order valence-corrected chi connectivity index (χ2v) is 8.05. The Morgan fingerprint density at radius 2 is 2.04 bits per heavy atom. The first-order chi connectivity index (χ1) is 12.5. The fraction of sp³-hybridized carbons (Fsp3) is 0.550. The monoisotopic (exact) mass is 382 g/mol. The Hall–Kier alpha value is -2.02. The van der Waals surface area contributed by atoms with Crippen LogP contribution in [0.1, 0.15) is 45.6 Å². The van der Waals surface area contributed by atoms with Crippen LogP contribution in [0.15, 0.2) is 29.4 Å². The number of halogens is 3. The number of aliphatic hydroxyl groups is 1. The van der Waals surface area contributed by atoms with E-state index in [0.717, 1.165) is 12.5 Å². The van der Waals surface area contributed by atoms with Gasteiger partial charge in [-0.15, -0.1) is 0 Å². The van der Waals surface area contributed by atoms with Gasteiger partial charge in [0.2, 0.25) is 0 Å². The van der Waals surface area contributed by atoms with Crippen LogP contribution in [-0.4, -0.2) is 29.6 Å². The van der Waals surface area contributed by atoms with Crippen LogP contribution < -0.4 is 9.64 Å². The molecule has 27 heavy (non-hydrogen) atoms. The normalized spacial score (nSPS) is 24.8. The predicted molar refractivity (Wildman–Crippen MR) is 99.8 cm³/mol. The number of benzene rings is 1. The van der Waals surface area contributed by atoms with Gasteiger partial charge in [-0.25, -0.2) is 0 Å². The number of allylic oxidation sites excluding steroid dienone is 1. The SMILES string of the molecule is C=C1C=Nc2cc(OCCC(C)C)cc(C(F)(F)F)c2N1C1CC(C)(O)C1. The average Bonchev–Trinajstić information content (AvgIpc) is 2.51. The Morgan fingerprint density at radius 3 is 2.59 bits per heavy atom. The molecule has 3 rings (SSSR count). The highest BCUT2D eigenvalue weighted by Crippen LogP contribution is 2.50. The molecule has 0 radical (unpaired) electrons. The Bertz CT molecular complexity index is 761. The third kappa shape index (κ3) is 4.13. The number of anilines is 1.